The highest BCUT2D eigenvalue weighted by Gasteiger charge is 2.07. The largest absolute Gasteiger partial charge is 0.465 e. The maximum atomic E-state index is 11.5. The fourth-order valence-corrected chi connectivity index (χ4v) is 1.69. The van der Waals surface area contributed by atoms with E-state index in [0.717, 1.165) is 6.08 Å². The lowest BCUT2D eigenvalue weighted by Gasteiger charge is -2.05. The molecule has 134 valence electrons. The molecule has 0 aliphatic carbocycles. The lowest BCUT2D eigenvalue weighted by Crippen LogP contribution is -2.38. The molecule has 1 rings (SSSR count). The minimum absolute atomic E-state index is 0.174. The van der Waals surface area contributed by atoms with Gasteiger partial charge in [-0.15, -0.1) is 0 Å². The summed E-state index contributed by atoms with van der Waals surface area (Å²) in [6, 6.07) is 6.39. The van der Waals surface area contributed by atoms with Gasteiger partial charge in [0.25, 0.3) is 5.91 Å². The van der Waals surface area contributed by atoms with Crippen LogP contribution in [0.3, 0.4) is 0 Å². The summed E-state index contributed by atoms with van der Waals surface area (Å²) in [7, 11) is 1.29. The van der Waals surface area contributed by atoms with E-state index in [9.17, 15) is 19.2 Å². The molecule has 0 aliphatic heterocycles. The third-order valence-electron chi connectivity index (χ3n) is 2.91. The second-order valence-corrected chi connectivity index (χ2v) is 4.78. The minimum atomic E-state index is -0.704. The Balaban J connectivity index is 2.38. The number of esters is 2. The van der Waals surface area contributed by atoms with Crippen LogP contribution in [0.15, 0.2) is 30.3 Å². The molecule has 8 heteroatoms. The van der Waals surface area contributed by atoms with Crippen molar-refractivity contribution in [2.24, 2.45) is 0 Å². The van der Waals surface area contributed by atoms with E-state index in [0.29, 0.717) is 17.7 Å². The molecular weight excluding hydrogens is 328 g/mol. The van der Waals surface area contributed by atoms with Crippen LogP contribution in [0.5, 0.6) is 0 Å². The van der Waals surface area contributed by atoms with Gasteiger partial charge < -0.3 is 20.1 Å². The first-order valence-electron chi connectivity index (χ1n) is 7.53. The highest BCUT2D eigenvalue weighted by molar-refractivity contribution is 5.91. The van der Waals surface area contributed by atoms with E-state index in [-0.39, 0.29) is 12.5 Å². The van der Waals surface area contributed by atoms with Crippen molar-refractivity contribution in [3.8, 4) is 0 Å². The van der Waals surface area contributed by atoms with Crippen LogP contribution in [0, 0.1) is 0 Å². The van der Waals surface area contributed by atoms with Crippen LogP contribution in [-0.4, -0.2) is 50.6 Å². The van der Waals surface area contributed by atoms with E-state index < -0.39 is 24.5 Å². The molecule has 1 aromatic carbocycles. The molecule has 0 saturated heterocycles. The highest BCUT2D eigenvalue weighted by Crippen LogP contribution is 2.07. The summed E-state index contributed by atoms with van der Waals surface area (Å²) < 4.78 is 9.34. The topological polar surface area (TPSA) is 111 Å². The zero-order valence-corrected chi connectivity index (χ0v) is 14.0. The lowest BCUT2D eigenvalue weighted by atomic mass is 10.1. The van der Waals surface area contributed by atoms with Gasteiger partial charge in [-0.3, -0.25) is 9.59 Å². The predicted molar refractivity (Wildman–Crippen MR) is 89.5 cm³/mol. The Hall–Kier alpha value is -3.16. The van der Waals surface area contributed by atoms with Crippen LogP contribution in [0.25, 0.3) is 6.08 Å². The maximum absolute atomic E-state index is 11.5. The van der Waals surface area contributed by atoms with Gasteiger partial charge in [-0.05, 0) is 30.7 Å². The number of methoxy groups -OCH3 is 1. The van der Waals surface area contributed by atoms with Crippen molar-refractivity contribution in [2.45, 2.75) is 6.92 Å². The monoisotopic (exact) mass is 348 g/mol. The molecule has 0 fully saturated rings. The number of benzene rings is 1. The van der Waals surface area contributed by atoms with Crippen LogP contribution in [0.4, 0.5) is 0 Å². The van der Waals surface area contributed by atoms with Gasteiger partial charge >= 0.3 is 11.9 Å². The fraction of sp³-hybridized carbons (Fsp3) is 0.294. The van der Waals surface area contributed by atoms with E-state index in [1.165, 1.54) is 13.2 Å². The van der Waals surface area contributed by atoms with Crippen molar-refractivity contribution >= 4 is 29.8 Å². The van der Waals surface area contributed by atoms with E-state index in [1.807, 2.05) is 0 Å². The van der Waals surface area contributed by atoms with Crippen LogP contribution in [0.2, 0.25) is 0 Å². The molecule has 2 N–H and O–H groups in total. The standard InChI is InChI=1S/C17H20N2O6/c1-3-18-14(20)10-19-15(21)11-25-16(22)9-6-12-4-7-13(8-5-12)17(23)24-2/h4-9H,3,10-11H2,1-2H3,(H,18,20)(H,19,21)/b9-6+. The summed E-state index contributed by atoms with van der Waals surface area (Å²) in [4.78, 5) is 45.4. The summed E-state index contributed by atoms with van der Waals surface area (Å²) in [5, 5.41) is 4.84. The molecule has 2 amide bonds. The molecule has 0 saturated carbocycles. The number of rotatable bonds is 8. The molecule has 0 bridgehead atoms. The Morgan fingerprint density at radius 3 is 2.32 bits per heavy atom. The van der Waals surface area contributed by atoms with Crippen molar-refractivity contribution in [3.05, 3.63) is 41.5 Å². The van der Waals surface area contributed by atoms with Crippen LogP contribution >= 0.6 is 0 Å². The van der Waals surface area contributed by atoms with Gasteiger partial charge in [0.05, 0.1) is 19.2 Å². The normalized spacial score (nSPS) is 10.2. The molecule has 0 radical (unpaired) electrons. The summed E-state index contributed by atoms with van der Waals surface area (Å²) in [6.07, 6.45) is 2.64. The zero-order chi connectivity index (χ0) is 18.7. The quantitative estimate of drug-likeness (QED) is 0.516. The van der Waals surface area contributed by atoms with Gasteiger partial charge in [0.15, 0.2) is 6.61 Å². The van der Waals surface area contributed by atoms with E-state index in [2.05, 4.69) is 15.4 Å². The molecule has 0 spiro atoms. The van der Waals surface area contributed by atoms with Crippen molar-refractivity contribution in [1.82, 2.24) is 10.6 Å². The Bertz CT molecular complexity index is 652. The van der Waals surface area contributed by atoms with Gasteiger partial charge in [-0.1, -0.05) is 12.1 Å². The predicted octanol–water partition coefficient (Wildman–Crippen LogP) is 0.282. The first kappa shape index (κ1) is 19.9. The second-order valence-electron chi connectivity index (χ2n) is 4.78. The Morgan fingerprint density at radius 1 is 1.04 bits per heavy atom. The molecule has 8 nitrogen and oxygen atoms in total. The first-order valence-corrected chi connectivity index (χ1v) is 7.53. The molecule has 0 unspecified atom stereocenters. The smallest absolute Gasteiger partial charge is 0.337 e. The number of hydrogen-bond acceptors (Lipinski definition) is 6. The van der Waals surface area contributed by atoms with Gasteiger partial charge in [-0.25, -0.2) is 9.59 Å². The molecule has 25 heavy (non-hydrogen) atoms. The number of amides is 2. The maximum Gasteiger partial charge on any atom is 0.337 e. The average Bonchev–Trinajstić information content (AvgIpc) is 2.63. The first-order chi connectivity index (χ1) is 12.0. The van der Waals surface area contributed by atoms with E-state index in [4.69, 9.17) is 4.74 Å². The number of carbonyl (C=O) groups excluding carboxylic acids is 4. The number of carbonyl (C=O) groups is 4. The molecule has 0 heterocycles. The number of ether oxygens (including phenoxy) is 2. The number of hydrogen-bond donors (Lipinski definition) is 2. The van der Waals surface area contributed by atoms with Crippen molar-refractivity contribution in [2.75, 3.05) is 26.8 Å². The molecule has 0 atom stereocenters. The molecule has 0 aliphatic rings. The van der Waals surface area contributed by atoms with Gasteiger partial charge in [0.2, 0.25) is 5.91 Å². The molecule has 1 aromatic rings. The van der Waals surface area contributed by atoms with Crippen molar-refractivity contribution in [1.29, 1.82) is 0 Å². The Kier molecular flexibility index (Phi) is 8.42. The lowest BCUT2D eigenvalue weighted by molar-refractivity contribution is -0.143. The van der Waals surface area contributed by atoms with Crippen molar-refractivity contribution in [3.63, 3.8) is 0 Å². The second kappa shape index (κ2) is 10.6. The molecule has 0 aromatic heterocycles. The fourth-order valence-electron chi connectivity index (χ4n) is 1.69. The van der Waals surface area contributed by atoms with Crippen LogP contribution in [-0.2, 0) is 23.9 Å². The third-order valence-corrected chi connectivity index (χ3v) is 2.91. The summed E-state index contributed by atoms with van der Waals surface area (Å²) in [5.74, 6) is -2.05. The minimum Gasteiger partial charge on any atom is -0.465 e. The van der Waals surface area contributed by atoms with Crippen LogP contribution < -0.4 is 10.6 Å². The summed E-state index contributed by atoms with van der Waals surface area (Å²) in [6.45, 7) is 1.57. The summed E-state index contributed by atoms with van der Waals surface area (Å²) in [5.41, 5.74) is 1.07. The van der Waals surface area contributed by atoms with Crippen molar-refractivity contribution < 1.29 is 28.7 Å². The van der Waals surface area contributed by atoms with Crippen LogP contribution in [0.1, 0.15) is 22.8 Å². The SMILES string of the molecule is CCNC(=O)CNC(=O)COC(=O)/C=C/c1ccc(C(=O)OC)cc1. The molecular formula is C17H20N2O6. The van der Waals surface area contributed by atoms with Gasteiger partial charge in [0, 0.05) is 12.6 Å². The van der Waals surface area contributed by atoms with Gasteiger partial charge in [-0.2, -0.15) is 0 Å². The Morgan fingerprint density at radius 2 is 1.72 bits per heavy atom. The van der Waals surface area contributed by atoms with Gasteiger partial charge in [0.1, 0.15) is 0 Å². The zero-order valence-electron chi connectivity index (χ0n) is 14.0. The third kappa shape index (κ3) is 7.78. The average molecular weight is 348 g/mol. The Labute approximate surface area is 145 Å². The highest BCUT2D eigenvalue weighted by atomic mass is 16.5. The summed E-state index contributed by atoms with van der Waals surface area (Å²) >= 11 is 0. The van der Waals surface area contributed by atoms with E-state index >= 15 is 0 Å². The van der Waals surface area contributed by atoms with E-state index in [1.54, 1.807) is 31.2 Å². The number of nitrogens with one attached hydrogen (secondary N) is 2. The number of likely N-dealkylation sites (N-methyl/N-ethyl adjacent to an activating group) is 1.